The fraction of sp³-hybridized carbons (Fsp3) is 0.929. The highest BCUT2D eigenvalue weighted by Gasteiger charge is 2.42. The molecular formula is C14H25NO. The van der Waals surface area contributed by atoms with Crippen LogP contribution < -0.4 is 5.73 Å². The largest absolute Gasteiger partial charge is 0.319 e. The minimum atomic E-state index is -0.499. The van der Waals surface area contributed by atoms with Gasteiger partial charge in [0.15, 0.2) is 0 Å². The molecule has 0 heterocycles. The summed E-state index contributed by atoms with van der Waals surface area (Å²) in [6.45, 7) is 0. The molecule has 0 aliphatic heterocycles. The Balaban J connectivity index is 2.06. The van der Waals surface area contributed by atoms with E-state index in [1.807, 2.05) is 0 Å². The van der Waals surface area contributed by atoms with Crippen LogP contribution in [0, 0.1) is 11.8 Å². The molecule has 0 unspecified atom stereocenters. The van der Waals surface area contributed by atoms with Gasteiger partial charge in [-0.25, -0.2) is 0 Å². The van der Waals surface area contributed by atoms with Gasteiger partial charge in [0, 0.05) is 0 Å². The minimum Gasteiger partial charge on any atom is -0.319 e. The van der Waals surface area contributed by atoms with Crippen molar-refractivity contribution in [3.63, 3.8) is 0 Å². The summed E-state index contributed by atoms with van der Waals surface area (Å²) < 4.78 is 0. The molecule has 2 aliphatic carbocycles. The van der Waals surface area contributed by atoms with Crippen LogP contribution in [0.3, 0.4) is 0 Å². The van der Waals surface area contributed by atoms with Gasteiger partial charge in [-0.05, 0) is 37.5 Å². The molecule has 0 radical (unpaired) electrons. The molecular weight excluding hydrogens is 198 g/mol. The number of carbonyl (C=O) groups is 1. The number of hydrogen-bond donors (Lipinski definition) is 1. The van der Waals surface area contributed by atoms with E-state index in [1.165, 1.54) is 64.2 Å². The average molecular weight is 223 g/mol. The summed E-state index contributed by atoms with van der Waals surface area (Å²) in [7, 11) is 0. The maximum atomic E-state index is 11.5. The zero-order chi connectivity index (χ0) is 11.4. The summed E-state index contributed by atoms with van der Waals surface area (Å²) in [5.74, 6) is 0.920. The molecule has 0 aromatic heterocycles. The number of aldehydes is 1. The molecule has 0 amide bonds. The summed E-state index contributed by atoms with van der Waals surface area (Å²) >= 11 is 0. The van der Waals surface area contributed by atoms with Gasteiger partial charge in [0.1, 0.15) is 6.29 Å². The molecule has 0 bridgehead atoms. The fourth-order valence-corrected chi connectivity index (χ4v) is 3.73. The monoisotopic (exact) mass is 223 g/mol. The van der Waals surface area contributed by atoms with Crippen LogP contribution in [0.5, 0.6) is 0 Å². The molecule has 2 rings (SSSR count). The van der Waals surface area contributed by atoms with Crippen molar-refractivity contribution in [2.45, 2.75) is 69.7 Å². The topological polar surface area (TPSA) is 43.1 Å². The molecule has 0 aromatic rings. The molecule has 2 N–H and O–H groups in total. The van der Waals surface area contributed by atoms with E-state index < -0.39 is 5.54 Å². The Bertz CT molecular complexity index is 209. The fourth-order valence-electron chi connectivity index (χ4n) is 3.73. The van der Waals surface area contributed by atoms with E-state index in [0.717, 1.165) is 6.29 Å². The first-order valence-electron chi connectivity index (χ1n) is 7.02. The van der Waals surface area contributed by atoms with Crippen molar-refractivity contribution in [3.8, 4) is 0 Å². The third-order valence-corrected chi connectivity index (χ3v) is 4.83. The lowest BCUT2D eigenvalue weighted by atomic mass is 9.65. The highest BCUT2D eigenvalue weighted by Crippen LogP contribution is 2.40. The van der Waals surface area contributed by atoms with Crippen LogP contribution >= 0.6 is 0 Å². The minimum absolute atomic E-state index is 0.460. The molecule has 2 nitrogen and oxygen atoms in total. The second kappa shape index (κ2) is 5.31. The summed E-state index contributed by atoms with van der Waals surface area (Å²) in [5.41, 5.74) is 5.98. The third-order valence-electron chi connectivity index (χ3n) is 4.83. The van der Waals surface area contributed by atoms with E-state index in [2.05, 4.69) is 0 Å². The van der Waals surface area contributed by atoms with Crippen LogP contribution in [0.4, 0.5) is 0 Å². The summed E-state index contributed by atoms with van der Waals surface area (Å²) in [6, 6.07) is 0. The summed E-state index contributed by atoms with van der Waals surface area (Å²) in [6.07, 6.45) is 13.5. The van der Waals surface area contributed by atoms with Crippen LogP contribution in [-0.4, -0.2) is 11.8 Å². The Morgan fingerprint density at radius 3 is 1.50 bits per heavy atom. The highest BCUT2D eigenvalue weighted by atomic mass is 16.1. The zero-order valence-corrected chi connectivity index (χ0v) is 10.3. The molecule has 2 saturated carbocycles. The second-order valence-electron chi connectivity index (χ2n) is 5.79. The molecule has 2 aliphatic rings. The molecule has 2 heteroatoms. The lowest BCUT2D eigenvalue weighted by Gasteiger charge is -2.42. The molecule has 2 fully saturated rings. The first kappa shape index (κ1) is 12.1. The Hall–Kier alpha value is -0.370. The Morgan fingerprint density at radius 2 is 1.19 bits per heavy atom. The van der Waals surface area contributed by atoms with Gasteiger partial charge in [0.2, 0.25) is 0 Å². The second-order valence-corrected chi connectivity index (χ2v) is 5.79. The Kier molecular flexibility index (Phi) is 4.01. The zero-order valence-electron chi connectivity index (χ0n) is 10.3. The van der Waals surface area contributed by atoms with E-state index in [0.29, 0.717) is 11.8 Å². The van der Waals surface area contributed by atoms with Gasteiger partial charge < -0.3 is 10.5 Å². The number of rotatable bonds is 3. The van der Waals surface area contributed by atoms with Crippen molar-refractivity contribution in [3.05, 3.63) is 0 Å². The highest BCUT2D eigenvalue weighted by molar-refractivity contribution is 5.65. The van der Waals surface area contributed by atoms with Gasteiger partial charge in [0.05, 0.1) is 5.54 Å². The van der Waals surface area contributed by atoms with Gasteiger partial charge in [-0.3, -0.25) is 0 Å². The Labute approximate surface area is 99.0 Å². The molecule has 0 spiro atoms. The van der Waals surface area contributed by atoms with E-state index in [9.17, 15) is 4.79 Å². The van der Waals surface area contributed by atoms with Crippen molar-refractivity contribution in [2.75, 3.05) is 0 Å². The van der Waals surface area contributed by atoms with E-state index in [4.69, 9.17) is 5.73 Å². The van der Waals surface area contributed by atoms with Crippen molar-refractivity contribution in [1.29, 1.82) is 0 Å². The van der Waals surface area contributed by atoms with Crippen LogP contribution in [0.2, 0.25) is 0 Å². The van der Waals surface area contributed by atoms with E-state index in [1.54, 1.807) is 0 Å². The maximum Gasteiger partial charge on any atom is 0.140 e. The molecule has 0 saturated heterocycles. The van der Waals surface area contributed by atoms with E-state index in [-0.39, 0.29) is 0 Å². The smallest absolute Gasteiger partial charge is 0.140 e. The predicted octanol–water partition coefficient (Wildman–Crippen LogP) is 3.04. The first-order chi connectivity index (χ1) is 7.77. The van der Waals surface area contributed by atoms with Crippen LogP contribution in [0.15, 0.2) is 0 Å². The van der Waals surface area contributed by atoms with Crippen molar-refractivity contribution < 1.29 is 4.79 Å². The van der Waals surface area contributed by atoms with Crippen molar-refractivity contribution in [1.82, 2.24) is 0 Å². The third kappa shape index (κ3) is 2.32. The first-order valence-corrected chi connectivity index (χ1v) is 7.02. The van der Waals surface area contributed by atoms with Gasteiger partial charge >= 0.3 is 0 Å². The molecule has 0 atom stereocenters. The summed E-state index contributed by atoms with van der Waals surface area (Å²) in [5, 5.41) is 0. The normalized spacial score (nSPS) is 25.6. The van der Waals surface area contributed by atoms with Gasteiger partial charge in [-0.15, -0.1) is 0 Å². The van der Waals surface area contributed by atoms with Crippen LogP contribution in [0.25, 0.3) is 0 Å². The summed E-state index contributed by atoms with van der Waals surface area (Å²) in [4.78, 5) is 11.5. The standard InChI is InChI=1S/C14H25NO/c15-14(11-16,12-7-3-1-4-8-12)13-9-5-2-6-10-13/h11-13H,1-10,15H2. The molecule has 16 heavy (non-hydrogen) atoms. The quantitative estimate of drug-likeness (QED) is 0.747. The van der Waals surface area contributed by atoms with Crippen molar-refractivity contribution in [2.24, 2.45) is 17.6 Å². The maximum absolute atomic E-state index is 11.5. The lowest BCUT2D eigenvalue weighted by molar-refractivity contribution is -0.117. The van der Waals surface area contributed by atoms with Crippen LogP contribution in [0.1, 0.15) is 64.2 Å². The lowest BCUT2D eigenvalue weighted by Crippen LogP contribution is -2.55. The van der Waals surface area contributed by atoms with Gasteiger partial charge in [-0.1, -0.05) is 38.5 Å². The Morgan fingerprint density at radius 1 is 0.812 bits per heavy atom. The predicted molar refractivity (Wildman–Crippen MR) is 66.1 cm³/mol. The van der Waals surface area contributed by atoms with E-state index >= 15 is 0 Å². The van der Waals surface area contributed by atoms with Crippen molar-refractivity contribution >= 4 is 6.29 Å². The average Bonchev–Trinajstić information content (AvgIpc) is 2.40. The van der Waals surface area contributed by atoms with Gasteiger partial charge in [-0.2, -0.15) is 0 Å². The molecule has 0 aromatic carbocycles. The number of hydrogen-bond acceptors (Lipinski definition) is 2. The SMILES string of the molecule is NC(C=O)(C1CCCCC1)C1CCCCC1. The van der Waals surface area contributed by atoms with Crippen LogP contribution in [-0.2, 0) is 4.79 Å². The van der Waals surface area contributed by atoms with Gasteiger partial charge in [0.25, 0.3) is 0 Å². The number of nitrogens with two attached hydrogens (primary N) is 1. The number of carbonyl (C=O) groups excluding carboxylic acids is 1. The molecule has 92 valence electrons.